The fourth-order valence-corrected chi connectivity index (χ4v) is 2.47. The van der Waals surface area contributed by atoms with Gasteiger partial charge in [0.15, 0.2) is 0 Å². The van der Waals surface area contributed by atoms with Crippen LogP contribution in [0.1, 0.15) is 33.6 Å². The van der Waals surface area contributed by atoms with Crippen LogP contribution < -0.4 is 15.4 Å². The molecule has 0 aromatic carbocycles. The number of likely N-dealkylation sites (tertiary alicyclic amines) is 1. The lowest BCUT2D eigenvalue weighted by molar-refractivity contribution is 0.311. The lowest BCUT2D eigenvalue weighted by atomic mass is 10.3. The fraction of sp³-hybridized carbons (Fsp3) is 0.786. The molecule has 0 saturated carbocycles. The van der Waals surface area contributed by atoms with Gasteiger partial charge in [-0.05, 0) is 46.7 Å². The normalized spacial score (nSPS) is 16.7. The Morgan fingerprint density at radius 2 is 1.86 bits per heavy atom. The third-order valence-electron chi connectivity index (χ3n) is 3.33. The van der Waals surface area contributed by atoms with E-state index in [1.165, 1.54) is 25.9 Å². The summed E-state index contributed by atoms with van der Waals surface area (Å²) in [6.45, 7) is 10.8. The zero-order valence-corrected chi connectivity index (χ0v) is 13.2. The molecule has 1 aromatic rings. The number of nitrogens with zero attached hydrogens (tertiary/aromatic N) is 4. The number of aromatic nitrogens is 3. The summed E-state index contributed by atoms with van der Waals surface area (Å²) in [6, 6.07) is 0.647. The molecule has 1 aliphatic rings. The van der Waals surface area contributed by atoms with Gasteiger partial charge in [0, 0.05) is 19.1 Å². The van der Waals surface area contributed by atoms with Crippen molar-refractivity contribution in [3.8, 4) is 6.01 Å². The Balaban J connectivity index is 1.99. The summed E-state index contributed by atoms with van der Waals surface area (Å²) in [7, 11) is 0. The Kier molecular flexibility index (Phi) is 5.98. The monoisotopic (exact) mass is 294 g/mol. The van der Waals surface area contributed by atoms with Crippen LogP contribution in [-0.4, -0.2) is 58.7 Å². The van der Waals surface area contributed by atoms with Gasteiger partial charge in [0.2, 0.25) is 11.9 Å². The summed E-state index contributed by atoms with van der Waals surface area (Å²) < 4.78 is 5.40. The van der Waals surface area contributed by atoms with Crippen molar-refractivity contribution in [2.75, 3.05) is 43.4 Å². The minimum Gasteiger partial charge on any atom is -0.464 e. The molecule has 7 nitrogen and oxygen atoms in total. The summed E-state index contributed by atoms with van der Waals surface area (Å²) in [5.74, 6) is 1.11. The van der Waals surface area contributed by atoms with Gasteiger partial charge in [0.25, 0.3) is 0 Å². The number of rotatable bonds is 8. The molecule has 1 saturated heterocycles. The molecule has 2 heterocycles. The predicted octanol–water partition coefficient (Wildman–Crippen LogP) is 1.60. The van der Waals surface area contributed by atoms with Crippen LogP contribution in [0.4, 0.5) is 11.9 Å². The molecule has 7 heteroatoms. The molecule has 0 aliphatic carbocycles. The van der Waals surface area contributed by atoms with Crippen LogP contribution >= 0.6 is 0 Å². The minimum atomic E-state index is 0.287. The van der Waals surface area contributed by atoms with Crippen LogP contribution in [-0.2, 0) is 0 Å². The van der Waals surface area contributed by atoms with Crippen molar-refractivity contribution in [1.29, 1.82) is 0 Å². The average molecular weight is 294 g/mol. The van der Waals surface area contributed by atoms with E-state index in [1.807, 2.05) is 13.8 Å². The van der Waals surface area contributed by atoms with E-state index in [2.05, 4.69) is 37.4 Å². The highest BCUT2D eigenvalue weighted by atomic mass is 16.5. The summed E-state index contributed by atoms with van der Waals surface area (Å²) >= 11 is 0. The number of hydrogen-bond acceptors (Lipinski definition) is 7. The van der Waals surface area contributed by atoms with E-state index in [0.29, 0.717) is 24.5 Å². The highest BCUT2D eigenvalue weighted by molar-refractivity contribution is 5.36. The van der Waals surface area contributed by atoms with Gasteiger partial charge in [-0.2, -0.15) is 15.0 Å². The van der Waals surface area contributed by atoms with E-state index >= 15 is 0 Å². The molecule has 1 fully saturated rings. The van der Waals surface area contributed by atoms with Gasteiger partial charge in [-0.1, -0.05) is 0 Å². The Bertz CT molecular complexity index is 411. The van der Waals surface area contributed by atoms with E-state index in [-0.39, 0.29) is 6.04 Å². The Morgan fingerprint density at radius 1 is 1.14 bits per heavy atom. The van der Waals surface area contributed by atoms with Crippen molar-refractivity contribution in [2.24, 2.45) is 0 Å². The molecule has 1 atom stereocenters. The molecule has 2 N–H and O–H groups in total. The first kappa shape index (κ1) is 15.8. The second-order valence-corrected chi connectivity index (χ2v) is 5.28. The maximum Gasteiger partial charge on any atom is 0.323 e. The van der Waals surface area contributed by atoms with Gasteiger partial charge in [-0.25, -0.2) is 0 Å². The van der Waals surface area contributed by atoms with Crippen molar-refractivity contribution in [1.82, 2.24) is 19.9 Å². The van der Waals surface area contributed by atoms with E-state index < -0.39 is 0 Å². The quantitative estimate of drug-likeness (QED) is 0.754. The third-order valence-corrected chi connectivity index (χ3v) is 3.33. The van der Waals surface area contributed by atoms with E-state index in [9.17, 15) is 0 Å². The fourth-order valence-electron chi connectivity index (χ4n) is 2.47. The van der Waals surface area contributed by atoms with Crippen molar-refractivity contribution < 1.29 is 4.74 Å². The van der Waals surface area contributed by atoms with E-state index in [4.69, 9.17) is 4.74 Å². The largest absolute Gasteiger partial charge is 0.464 e. The molecular weight excluding hydrogens is 268 g/mol. The van der Waals surface area contributed by atoms with Crippen LogP contribution in [0.5, 0.6) is 6.01 Å². The molecule has 0 bridgehead atoms. The van der Waals surface area contributed by atoms with Gasteiger partial charge < -0.3 is 20.3 Å². The van der Waals surface area contributed by atoms with Gasteiger partial charge in [-0.3, -0.25) is 0 Å². The molecule has 1 aromatic heterocycles. The first-order valence-electron chi connectivity index (χ1n) is 7.83. The molecule has 21 heavy (non-hydrogen) atoms. The molecule has 118 valence electrons. The highest BCUT2D eigenvalue weighted by Crippen LogP contribution is 2.13. The van der Waals surface area contributed by atoms with Crippen LogP contribution in [0.15, 0.2) is 0 Å². The van der Waals surface area contributed by atoms with Crippen molar-refractivity contribution >= 4 is 11.9 Å². The lowest BCUT2D eigenvalue weighted by Crippen LogP contribution is -2.33. The zero-order valence-electron chi connectivity index (χ0n) is 13.2. The van der Waals surface area contributed by atoms with E-state index in [1.54, 1.807) is 0 Å². The second kappa shape index (κ2) is 7.97. The second-order valence-electron chi connectivity index (χ2n) is 5.28. The number of hydrogen-bond donors (Lipinski definition) is 2. The Hall–Kier alpha value is -1.63. The third kappa shape index (κ3) is 5.00. The van der Waals surface area contributed by atoms with Crippen LogP contribution in [0.2, 0.25) is 0 Å². The van der Waals surface area contributed by atoms with Gasteiger partial charge in [0.1, 0.15) is 0 Å². The zero-order chi connectivity index (χ0) is 15.1. The Labute approximate surface area is 126 Å². The van der Waals surface area contributed by atoms with Crippen LogP contribution in [0.3, 0.4) is 0 Å². The first-order valence-corrected chi connectivity index (χ1v) is 7.83. The SMILES string of the molecule is CCNc1nc(NC(C)CN2CCCC2)nc(OCC)n1. The van der Waals surface area contributed by atoms with Crippen molar-refractivity contribution in [3.05, 3.63) is 0 Å². The number of nitrogens with one attached hydrogen (secondary N) is 2. The summed E-state index contributed by atoms with van der Waals surface area (Å²) in [5.41, 5.74) is 0. The topological polar surface area (TPSA) is 75.2 Å². The lowest BCUT2D eigenvalue weighted by Gasteiger charge is -2.21. The molecule has 0 amide bonds. The first-order chi connectivity index (χ1) is 10.2. The Morgan fingerprint density at radius 3 is 2.52 bits per heavy atom. The number of anilines is 2. The predicted molar refractivity (Wildman–Crippen MR) is 83.9 cm³/mol. The minimum absolute atomic E-state index is 0.287. The van der Waals surface area contributed by atoms with Crippen molar-refractivity contribution in [3.63, 3.8) is 0 Å². The molecule has 0 spiro atoms. The molecule has 1 unspecified atom stereocenters. The molecule has 2 rings (SSSR count). The summed E-state index contributed by atoms with van der Waals surface area (Å²) in [5, 5.41) is 6.44. The maximum absolute atomic E-state index is 5.40. The van der Waals surface area contributed by atoms with Gasteiger partial charge in [-0.15, -0.1) is 0 Å². The highest BCUT2D eigenvalue weighted by Gasteiger charge is 2.16. The molecule has 1 aliphatic heterocycles. The molecular formula is C14H26N6O. The van der Waals surface area contributed by atoms with Gasteiger partial charge >= 0.3 is 6.01 Å². The summed E-state index contributed by atoms with van der Waals surface area (Å²) in [6.07, 6.45) is 2.61. The average Bonchev–Trinajstić information content (AvgIpc) is 2.91. The van der Waals surface area contributed by atoms with E-state index in [0.717, 1.165) is 13.1 Å². The number of ether oxygens (including phenoxy) is 1. The van der Waals surface area contributed by atoms with Crippen molar-refractivity contribution in [2.45, 2.75) is 39.7 Å². The maximum atomic E-state index is 5.40. The standard InChI is InChI=1S/C14H26N6O/c1-4-15-12-17-13(19-14(18-12)21-5-2)16-11(3)10-20-8-6-7-9-20/h11H,4-10H2,1-3H3,(H2,15,16,17,18,19). The van der Waals surface area contributed by atoms with Crippen LogP contribution in [0.25, 0.3) is 0 Å². The van der Waals surface area contributed by atoms with Crippen LogP contribution in [0, 0.1) is 0 Å². The van der Waals surface area contributed by atoms with Gasteiger partial charge in [0.05, 0.1) is 6.61 Å². The summed E-state index contributed by atoms with van der Waals surface area (Å²) in [4.78, 5) is 15.4. The molecule has 0 radical (unpaired) electrons. The smallest absolute Gasteiger partial charge is 0.323 e.